The molecule has 2 aromatic carbocycles. The summed E-state index contributed by atoms with van der Waals surface area (Å²) < 4.78 is 5.21. The number of nitro groups is 1. The summed E-state index contributed by atoms with van der Waals surface area (Å²) in [6.45, 7) is 3.90. The van der Waals surface area contributed by atoms with Crippen LogP contribution in [0.2, 0.25) is 0 Å². The summed E-state index contributed by atoms with van der Waals surface area (Å²) in [6.07, 6.45) is 0.217. The topological polar surface area (TPSA) is 111 Å². The number of hydrogen-bond donors (Lipinski definition) is 2. The minimum atomic E-state index is -0.867. The maximum atomic E-state index is 12.6. The molecule has 0 saturated carbocycles. The van der Waals surface area contributed by atoms with E-state index >= 15 is 0 Å². The van der Waals surface area contributed by atoms with Crippen LogP contribution in [0.25, 0.3) is 0 Å². The first-order valence-corrected chi connectivity index (χ1v) is 9.40. The van der Waals surface area contributed by atoms with Crippen LogP contribution in [0.1, 0.15) is 31.4 Å². The molecule has 2 rings (SSSR count). The van der Waals surface area contributed by atoms with Gasteiger partial charge in [-0.05, 0) is 24.5 Å². The molecule has 0 fully saturated rings. The molecule has 2 atom stereocenters. The lowest BCUT2D eigenvalue weighted by molar-refractivity contribution is -0.384. The number of amides is 2. The van der Waals surface area contributed by atoms with Crippen molar-refractivity contribution in [1.29, 1.82) is 0 Å². The van der Waals surface area contributed by atoms with Gasteiger partial charge in [-0.25, -0.2) is 4.79 Å². The number of carbonyl (C=O) groups is 2. The van der Waals surface area contributed by atoms with Crippen LogP contribution in [0.4, 0.5) is 10.5 Å². The summed E-state index contributed by atoms with van der Waals surface area (Å²) in [7, 11) is 0. The molecule has 0 aliphatic heterocycles. The Labute approximate surface area is 169 Å². The maximum Gasteiger partial charge on any atom is 0.408 e. The Morgan fingerprint density at radius 2 is 1.69 bits per heavy atom. The van der Waals surface area contributed by atoms with E-state index in [-0.39, 0.29) is 30.7 Å². The van der Waals surface area contributed by atoms with Crippen molar-refractivity contribution < 1.29 is 19.2 Å². The van der Waals surface area contributed by atoms with Crippen molar-refractivity contribution in [2.24, 2.45) is 0 Å². The van der Waals surface area contributed by atoms with Crippen LogP contribution in [0.3, 0.4) is 0 Å². The zero-order valence-electron chi connectivity index (χ0n) is 16.5. The van der Waals surface area contributed by atoms with E-state index in [2.05, 4.69) is 10.6 Å². The van der Waals surface area contributed by atoms with Crippen LogP contribution in [-0.4, -0.2) is 29.0 Å². The highest BCUT2D eigenvalue weighted by Gasteiger charge is 2.23. The second-order valence-electron chi connectivity index (χ2n) is 6.70. The van der Waals surface area contributed by atoms with Crippen LogP contribution >= 0.6 is 0 Å². The highest BCUT2D eigenvalue weighted by molar-refractivity contribution is 5.86. The van der Waals surface area contributed by atoms with E-state index in [1.807, 2.05) is 44.2 Å². The lowest BCUT2D eigenvalue weighted by Gasteiger charge is -2.21. The van der Waals surface area contributed by atoms with Crippen molar-refractivity contribution in [3.63, 3.8) is 0 Å². The van der Waals surface area contributed by atoms with Gasteiger partial charge in [0, 0.05) is 24.6 Å². The van der Waals surface area contributed by atoms with E-state index in [9.17, 15) is 19.7 Å². The number of nitrogens with one attached hydrogen (secondary N) is 2. The van der Waals surface area contributed by atoms with Crippen molar-refractivity contribution in [3.8, 4) is 0 Å². The molecule has 0 saturated heterocycles. The monoisotopic (exact) mass is 399 g/mol. The van der Waals surface area contributed by atoms with Gasteiger partial charge in [-0.3, -0.25) is 14.9 Å². The van der Waals surface area contributed by atoms with Crippen molar-refractivity contribution >= 4 is 17.7 Å². The number of nitro benzene ring substituents is 1. The molecule has 0 aliphatic carbocycles. The van der Waals surface area contributed by atoms with Gasteiger partial charge in [-0.2, -0.15) is 0 Å². The van der Waals surface area contributed by atoms with Crippen molar-refractivity contribution in [2.75, 3.05) is 0 Å². The van der Waals surface area contributed by atoms with Crippen LogP contribution in [0.15, 0.2) is 54.6 Å². The number of non-ortho nitro benzene ring substituents is 1. The zero-order valence-corrected chi connectivity index (χ0v) is 16.5. The Hall–Kier alpha value is -3.42. The molecule has 0 radical (unpaired) electrons. The minimum absolute atomic E-state index is 0.0374. The molecular formula is C21H25N3O5. The van der Waals surface area contributed by atoms with Crippen LogP contribution in [0, 0.1) is 10.1 Å². The van der Waals surface area contributed by atoms with Crippen LogP contribution in [0.5, 0.6) is 0 Å². The third kappa shape index (κ3) is 7.25. The third-order valence-corrected chi connectivity index (χ3v) is 4.41. The first kappa shape index (κ1) is 21.9. The quantitative estimate of drug-likeness (QED) is 0.496. The second-order valence-corrected chi connectivity index (χ2v) is 6.70. The smallest absolute Gasteiger partial charge is 0.408 e. The number of hydrogen-bond acceptors (Lipinski definition) is 5. The molecule has 2 aromatic rings. The van der Waals surface area contributed by atoms with Crippen LogP contribution < -0.4 is 10.6 Å². The fourth-order valence-electron chi connectivity index (χ4n) is 2.55. The Bertz CT molecular complexity index is 824. The van der Waals surface area contributed by atoms with E-state index in [0.29, 0.717) is 5.56 Å². The molecule has 0 aromatic heterocycles. The Kier molecular flexibility index (Phi) is 8.14. The summed E-state index contributed by atoms with van der Waals surface area (Å²) >= 11 is 0. The van der Waals surface area contributed by atoms with Crippen molar-refractivity contribution in [2.45, 2.75) is 45.4 Å². The predicted octanol–water partition coefficient (Wildman–Crippen LogP) is 3.35. The molecule has 0 heterocycles. The first-order chi connectivity index (χ1) is 13.9. The standard InChI is InChI=1S/C21H25N3O5/c1-3-15(2)22-20(25)19(13-16-9-11-18(12-10-16)24(27)28)23-21(26)29-14-17-7-5-4-6-8-17/h4-12,15,19H,3,13-14H2,1-2H3,(H,22,25)(H,23,26)/t15-,19-/m0/s1. The summed E-state index contributed by atoms with van der Waals surface area (Å²) in [5.41, 5.74) is 1.48. The van der Waals surface area contributed by atoms with Gasteiger partial charge in [0.2, 0.25) is 5.91 Å². The average molecular weight is 399 g/mol. The number of nitrogens with zero attached hydrogens (tertiary/aromatic N) is 1. The normalized spacial score (nSPS) is 12.5. The molecule has 2 N–H and O–H groups in total. The molecule has 0 unspecified atom stereocenters. The highest BCUT2D eigenvalue weighted by Crippen LogP contribution is 2.13. The van der Waals surface area contributed by atoms with E-state index in [1.165, 1.54) is 12.1 Å². The lowest BCUT2D eigenvalue weighted by Crippen LogP contribution is -2.50. The number of benzene rings is 2. The first-order valence-electron chi connectivity index (χ1n) is 9.40. The summed E-state index contributed by atoms with van der Waals surface area (Å²) in [4.78, 5) is 35.1. The average Bonchev–Trinajstić information content (AvgIpc) is 2.72. The maximum absolute atomic E-state index is 12.6. The Balaban J connectivity index is 2.04. The van der Waals surface area contributed by atoms with E-state index in [0.717, 1.165) is 12.0 Å². The van der Waals surface area contributed by atoms with Gasteiger partial charge in [-0.1, -0.05) is 49.4 Å². The SMILES string of the molecule is CC[C@H](C)NC(=O)[C@H](Cc1ccc([N+](=O)[O-])cc1)NC(=O)OCc1ccccc1. The number of alkyl carbamates (subject to hydrolysis) is 1. The minimum Gasteiger partial charge on any atom is -0.445 e. The number of carbonyl (C=O) groups excluding carboxylic acids is 2. The molecule has 29 heavy (non-hydrogen) atoms. The van der Waals surface area contributed by atoms with E-state index in [4.69, 9.17) is 4.74 Å². The molecule has 0 bridgehead atoms. The van der Waals surface area contributed by atoms with Gasteiger partial charge in [0.15, 0.2) is 0 Å². The van der Waals surface area contributed by atoms with Crippen molar-refractivity contribution in [3.05, 3.63) is 75.8 Å². The second kappa shape index (κ2) is 10.8. The van der Waals surface area contributed by atoms with Gasteiger partial charge in [0.25, 0.3) is 5.69 Å². The molecule has 154 valence electrons. The summed E-state index contributed by atoms with van der Waals surface area (Å²) in [5.74, 6) is -0.339. The van der Waals surface area contributed by atoms with E-state index < -0.39 is 17.1 Å². The largest absolute Gasteiger partial charge is 0.445 e. The highest BCUT2D eigenvalue weighted by atomic mass is 16.6. The van der Waals surface area contributed by atoms with Gasteiger partial charge in [0.1, 0.15) is 12.6 Å². The summed E-state index contributed by atoms with van der Waals surface area (Å²) in [5, 5.41) is 16.2. The molecule has 2 amide bonds. The van der Waals surface area contributed by atoms with Gasteiger partial charge in [-0.15, -0.1) is 0 Å². The molecule has 0 aliphatic rings. The van der Waals surface area contributed by atoms with E-state index in [1.54, 1.807) is 12.1 Å². The van der Waals surface area contributed by atoms with Gasteiger partial charge in [0.05, 0.1) is 4.92 Å². The van der Waals surface area contributed by atoms with Crippen LogP contribution in [-0.2, 0) is 22.6 Å². The Morgan fingerprint density at radius 1 is 1.03 bits per heavy atom. The van der Waals surface area contributed by atoms with Crippen molar-refractivity contribution in [1.82, 2.24) is 10.6 Å². The predicted molar refractivity (Wildman–Crippen MR) is 108 cm³/mol. The zero-order chi connectivity index (χ0) is 21.2. The fourth-order valence-corrected chi connectivity index (χ4v) is 2.55. The van der Waals surface area contributed by atoms with Gasteiger partial charge < -0.3 is 15.4 Å². The molecular weight excluding hydrogens is 374 g/mol. The number of ether oxygens (including phenoxy) is 1. The lowest BCUT2D eigenvalue weighted by atomic mass is 10.0. The van der Waals surface area contributed by atoms with Gasteiger partial charge >= 0.3 is 6.09 Å². The third-order valence-electron chi connectivity index (χ3n) is 4.41. The number of rotatable bonds is 9. The summed E-state index contributed by atoms with van der Waals surface area (Å²) in [6, 6.07) is 14.2. The molecule has 8 nitrogen and oxygen atoms in total. The fraction of sp³-hybridized carbons (Fsp3) is 0.333. The molecule has 8 heteroatoms. The Morgan fingerprint density at radius 3 is 2.28 bits per heavy atom. The molecule has 0 spiro atoms.